The fourth-order valence-corrected chi connectivity index (χ4v) is 2.80. The first-order valence-corrected chi connectivity index (χ1v) is 7.42. The highest BCUT2D eigenvalue weighted by atomic mass is 16.3. The Morgan fingerprint density at radius 3 is 2.76 bits per heavy atom. The molecule has 3 rings (SSSR count). The van der Waals surface area contributed by atoms with Crippen LogP contribution in [0.15, 0.2) is 34.7 Å². The van der Waals surface area contributed by atoms with Gasteiger partial charge < -0.3 is 14.7 Å². The van der Waals surface area contributed by atoms with Crippen molar-refractivity contribution in [2.45, 2.75) is 39.7 Å². The first kappa shape index (κ1) is 13.7. The zero-order valence-corrected chi connectivity index (χ0v) is 12.8. The number of rotatable bonds is 4. The maximum absolute atomic E-state index is 5.88. The molecule has 1 aromatic carbocycles. The van der Waals surface area contributed by atoms with Crippen LogP contribution in [0.4, 0.5) is 5.69 Å². The Hall–Kier alpha value is -2.23. The largest absolute Gasteiger partial charge is 0.464 e. The Morgan fingerprint density at radius 2 is 2.10 bits per heavy atom. The molecule has 0 amide bonds. The summed E-state index contributed by atoms with van der Waals surface area (Å²) in [4.78, 5) is 4.76. The topological polar surface area (TPSA) is 57.0 Å². The van der Waals surface area contributed by atoms with Gasteiger partial charge in [0.15, 0.2) is 0 Å². The van der Waals surface area contributed by atoms with E-state index in [4.69, 9.17) is 15.1 Å². The van der Waals surface area contributed by atoms with Crippen LogP contribution in [0.25, 0.3) is 11.0 Å². The molecular formula is C17H21N3O. The van der Waals surface area contributed by atoms with Crippen LogP contribution in [0.3, 0.4) is 0 Å². The zero-order valence-electron chi connectivity index (χ0n) is 12.8. The van der Waals surface area contributed by atoms with Gasteiger partial charge in [-0.3, -0.25) is 0 Å². The SMILES string of the molecule is CCCc1nc2cc(N)ccc2n1C(C)c1ccc(C)o1. The van der Waals surface area contributed by atoms with Gasteiger partial charge in [0.05, 0.1) is 17.1 Å². The van der Waals surface area contributed by atoms with E-state index < -0.39 is 0 Å². The number of nitrogens with two attached hydrogens (primary N) is 1. The molecule has 21 heavy (non-hydrogen) atoms. The Balaban J connectivity index is 2.16. The number of nitrogens with zero attached hydrogens (tertiary/aromatic N) is 2. The number of aromatic nitrogens is 2. The van der Waals surface area contributed by atoms with Gasteiger partial charge >= 0.3 is 0 Å². The normalized spacial score (nSPS) is 12.9. The Morgan fingerprint density at radius 1 is 1.29 bits per heavy atom. The average molecular weight is 283 g/mol. The highest BCUT2D eigenvalue weighted by molar-refractivity contribution is 5.80. The molecule has 4 heteroatoms. The minimum absolute atomic E-state index is 0.119. The summed E-state index contributed by atoms with van der Waals surface area (Å²) in [6, 6.07) is 10.1. The summed E-state index contributed by atoms with van der Waals surface area (Å²) in [6.45, 7) is 6.28. The molecule has 1 unspecified atom stereocenters. The predicted molar refractivity (Wildman–Crippen MR) is 85.4 cm³/mol. The third-order valence-corrected chi connectivity index (χ3v) is 3.82. The molecule has 0 aliphatic heterocycles. The van der Waals surface area contributed by atoms with E-state index in [-0.39, 0.29) is 6.04 Å². The summed E-state index contributed by atoms with van der Waals surface area (Å²) in [6.07, 6.45) is 2.00. The van der Waals surface area contributed by atoms with Crippen molar-refractivity contribution in [3.63, 3.8) is 0 Å². The van der Waals surface area contributed by atoms with Gasteiger partial charge in [-0.15, -0.1) is 0 Å². The fraction of sp³-hybridized carbons (Fsp3) is 0.353. The number of furan rings is 1. The Kier molecular flexibility index (Phi) is 3.45. The molecule has 0 aliphatic carbocycles. The number of benzene rings is 1. The molecule has 0 radical (unpaired) electrons. The van der Waals surface area contributed by atoms with Crippen LogP contribution in [0.5, 0.6) is 0 Å². The van der Waals surface area contributed by atoms with Crippen molar-refractivity contribution in [1.29, 1.82) is 0 Å². The highest BCUT2D eigenvalue weighted by Crippen LogP contribution is 2.28. The molecule has 0 bridgehead atoms. The molecule has 1 atom stereocenters. The van der Waals surface area contributed by atoms with Crippen molar-refractivity contribution >= 4 is 16.7 Å². The van der Waals surface area contributed by atoms with Crippen molar-refractivity contribution in [3.05, 3.63) is 47.7 Å². The molecule has 4 nitrogen and oxygen atoms in total. The number of fused-ring (bicyclic) bond motifs is 1. The summed E-state index contributed by atoms with van der Waals surface area (Å²) < 4.78 is 8.06. The van der Waals surface area contributed by atoms with Crippen LogP contribution in [0.2, 0.25) is 0 Å². The van der Waals surface area contributed by atoms with Crippen molar-refractivity contribution in [2.24, 2.45) is 0 Å². The molecule has 0 saturated heterocycles. The molecule has 2 N–H and O–H groups in total. The van der Waals surface area contributed by atoms with Crippen molar-refractivity contribution in [3.8, 4) is 0 Å². The number of imidazole rings is 1. The standard InChI is InChI=1S/C17H21N3O/c1-4-5-17-19-14-10-13(18)7-8-15(14)20(17)12(3)16-9-6-11(2)21-16/h6-10,12H,4-5,18H2,1-3H3. The first-order chi connectivity index (χ1) is 10.1. The second-order valence-electron chi connectivity index (χ2n) is 5.52. The highest BCUT2D eigenvalue weighted by Gasteiger charge is 2.19. The lowest BCUT2D eigenvalue weighted by Gasteiger charge is -2.15. The van der Waals surface area contributed by atoms with E-state index >= 15 is 0 Å². The van der Waals surface area contributed by atoms with E-state index in [0.29, 0.717) is 0 Å². The van der Waals surface area contributed by atoms with Crippen LogP contribution < -0.4 is 5.73 Å². The van der Waals surface area contributed by atoms with E-state index in [2.05, 4.69) is 18.4 Å². The van der Waals surface area contributed by atoms with E-state index in [1.54, 1.807) is 0 Å². The molecule has 0 spiro atoms. The van der Waals surface area contributed by atoms with Crippen LogP contribution >= 0.6 is 0 Å². The number of nitrogen functional groups attached to an aromatic ring is 1. The summed E-state index contributed by atoms with van der Waals surface area (Å²) in [7, 11) is 0. The van der Waals surface area contributed by atoms with E-state index in [1.807, 2.05) is 37.3 Å². The van der Waals surface area contributed by atoms with Gasteiger partial charge in [0.25, 0.3) is 0 Å². The third kappa shape index (κ3) is 2.42. The van der Waals surface area contributed by atoms with Gasteiger partial charge in [0, 0.05) is 12.1 Å². The fourth-order valence-electron chi connectivity index (χ4n) is 2.80. The summed E-state index contributed by atoms with van der Waals surface area (Å²) in [5.41, 5.74) is 8.69. The van der Waals surface area contributed by atoms with Gasteiger partial charge in [-0.2, -0.15) is 0 Å². The minimum atomic E-state index is 0.119. The van der Waals surface area contributed by atoms with Gasteiger partial charge in [0.2, 0.25) is 0 Å². The van der Waals surface area contributed by atoms with E-state index in [1.165, 1.54) is 0 Å². The molecule has 0 saturated carbocycles. The first-order valence-electron chi connectivity index (χ1n) is 7.42. The Labute approximate surface area is 124 Å². The second kappa shape index (κ2) is 5.28. The van der Waals surface area contributed by atoms with Gasteiger partial charge in [-0.05, 0) is 50.6 Å². The van der Waals surface area contributed by atoms with Gasteiger partial charge in [-0.25, -0.2) is 4.98 Å². The van der Waals surface area contributed by atoms with Crippen LogP contribution in [-0.4, -0.2) is 9.55 Å². The summed E-state index contributed by atoms with van der Waals surface area (Å²) in [5, 5.41) is 0. The molecule has 2 heterocycles. The molecule has 0 aliphatic rings. The third-order valence-electron chi connectivity index (χ3n) is 3.82. The maximum atomic E-state index is 5.88. The number of hydrogen-bond donors (Lipinski definition) is 1. The summed E-state index contributed by atoms with van der Waals surface area (Å²) >= 11 is 0. The number of anilines is 1. The lowest BCUT2D eigenvalue weighted by molar-refractivity contribution is 0.427. The number of aryl methyl sites for hydroxylation is 2. The lowest BCUT2D eigenvalue weighted by atomic mass is 10.2. The van der Waals surface area contributed by atoms with Crippen molar-refractivity contribution in [2.75, 3.05) is 5.73 Å². The van der Waals surface area contributed by atoms with Gasteiger partial charge in [-0.1, -0.05) is 6.92 Å². The summed E-state index contributed by atoms with van der Waals surface area (Å²) in [5.74, 6) is 2.98. The molecule has 0 fully saturated rings. The minimum Gasteiger partial charge on any atom is -0.464 e. The monoisotopic (exact) mass is 283 g/mol. The molecule has 3 aromatic rings. The van der Waals surface area contributed by atoms with Crippen LogP contribution in [0.1, 0.15) is 43.7 Å². The zero-order chi connectivity index (χ0) is 15.0. The second-order valence-corrected chi connectivity index (χ2v) is 5.52. The quantitative estimate of drug-likeness (QED) is 0.734. The van der Waals surface area contributed by atoms with E-state index in [9.17, 15) is 0 Å². The molecule has 110 valence electrons. The maximum Gasteiger partial charge on any atom is 0.126 e. The predicted octanol–water partition coefficient (Wildman–Crippen LogP) is 4.08. The lowest BCUT2D eigenvalue weighted by Crippen LogP contribution is -2.10. The Bertz CT molecular complexity index is 770. The van der Waals surface area contributed by atoms with E-state index in [0.717, 1.165) is 46.9 Å². The van der Waals surface area contributed by atoms with Crippen LogP contribution in [-0.2, 0) is 6.42 Å². The van der Waals surface area contributed by atoms with Gasteiger partial charge in [0.1, 0.15) is 17.3 Å². The van der Waals surface area contributed by atoms with Crippen LogP contribution in [0, 0.1) is 6.92 Å². The van der Waals surface area contributed by atoms with Crippen molar-refractivity contribution in [1.82, 2.24) is 9.55 Å². The van der Waals surface area contributed by atoms with Crippen molar-refractivity contribution < 1.29 is 4.42 Å². The smallest absolute Gasteiger partial charge is 0.126 e. The number of hydrogen-bond acceptors (Lipinski definition) is 3. The average Bonchev–Trinajstić information content (AvgIpc) is 3.01. The molecular weight excluding hydrogens is 262 g/mol. The molecule has 2 aromatic heterocycles.